The van der Waals surface area contributed by atoms with Crippen LogP contribution in [-0.4, -0.2) is 22.0 Å². The van der Waals surface area contributed by atoms with Crippen molar-refractivity contribution in [1.82, 2.24) is 4.90 Å². The first-order valence-corrected chi connectivity index (χ1v) is 8.71. The lowest BCUT2D eigenvalue weighted by molar-refractivity contribution is -0.131. The highest BCUT2D eigenvalue weighted by atomic mass is 32.1. The molecule has 0 saturated heterocycles. The van der Waals surface area contributed by atoms with Gasteiger partial charge in [0.1, 0.15) is 0 Å². The van der Waals surface area contributed by atoms with Crippen molar-refractivity contribution in [3.63, 3.8) is 0 Å². The largest absolute Gasteiger partial charge is 0.478 e. The van der Waals surface area contributed by atoms with E-state index in [0.717, 1.165) is 18.0 Å². The molecule has 3 rings (SSSR count). The number of nitrogens with zero attached hydrogens (tertiary/aromatic N) is 1. The zero-order chi connectivity index (χ0) is 14.7. The fourth-order valence-corrected chi connectivity index (χ4v) is 3.89. The number of carboxylic acid groups (broad SMARTS) is 1. The summed E-state index contributed by atoms with van der Waals surface area (Å²) in [5.74, 6) is -0.901. The number of carbonyl (C=O) groups is 1. The van der Waals surface area contributed by atoms with E-state index in [1.165, 1.54) is 29.4 Å². The molecule has 5 heteroatoms. The molecule has 0 spiro atoms. The van der Waals surface area contributed by atoms with E-state index >= 15 is 0 Å². The highest BCUT2D eigenvalue weighted by Crippen LogP contribution is 2.31. The van der Waals surface area contributed by atoms with Crippen molar-refractivity contribution in [1.29, 1.82) is 0 Å². The van der Waals surface area contributed by atoms with Crippen LogP contribution in [0.15, 0.2) is 35.0 Å². The number of thiophene rings is 2. The summed E-state index contributed by atoms with van der Waals surface area (Å²) in [6.07, 6.45) is 5.44. The minimum atomic E-state index is -0.901. The minimum Gasteiger partial charge on any atom is -0.478 e. The molecule has 0 amide bonds. The van der Waals surface area contributed by atoms with Gasteiger partial charge in [0.15, 0.2) is 0 Å². The molecular weight excluding hydrogens is 302 g/mol. The molecule has 0 aliphatic heterocycles. The molecule has 0 bridgehead atoms. The summed E-state index contributed by atoms with van der Waals surface area (Å²) >= 11 is 3.42. The van der Waals surface area contributed by atoms with E-state index in [9.17, 15) is 4.79 Å². The van der Waals surface area contributed by atoms with Crippen molar-refractivity contribution in [2.45, 2.75) is 32.0 Å². The van der Waals surface area contributed by atoms with Crippen molar-refractivity contribution >= 4 is 34.7 Å². The molecule has 1 fully saturated rings. The molecule has 2 aromatic rings. The molecule has 0 aromatic carbocycles. The normalized spacial score (nSPS) is 15.1. The van der Waals surface area contributed by atoms with E-state index in [1.54, 1.807) is 28.7 Å². The maximum Gasteiger partial charge on any atom is 0.328 e. The van der Waals surface area contributed by atoms with Crippen LogP contribution in [-0.2, 0) is 17.9 Å². The van der Waals surface area contributed by atoms with Crippen LogP contribution in [0.2, 0.25) is 0 Å². The molecule has 0 radical (unpaired) electrons. The molecule has 0 atom stereocenters. The van der Waals surface area contributed by atoms with Gasteiger partial charge in [0.2, 0.25) is 0 Å². The van der Waals surface area contributed by atoms with E-state index < -0.39 is 5.97 Å². The summed E-state index contributed by atoms with van der Waals surface area (Å²) in [7, 11) is 0. The lowest BCUT2D eigenvalue weighted by Crippen LogP contribution is -2.24. The number of carboxylic acids is 1. The van der Waals surface area contributed by atoms with E-state index in [1.807, 2.05) is 6.07 Å². The summed E-state index contributed by atoms with van der Waals surface area (Å²) in [4.78, 5) is 15.4. The van der Waals surface area contributed by atoms with Gasteiger partial charge in [0.05, 0.1) is 0 Å². The van der Waals surface area contributed by atoms with E-state index in [-0.39, 0.29) is 0 Å². The second-order valence-corrected chi connectivity index (χ2v) is 7.22. The Hall–Kier alpha value is -1.43. The topological polar surface area (TPSA) is 40.5 Å². The predicted molar refractivity (Wildman–Crippen MR) is 87.6 cm³/mol. The minimum absolute atomic E-state index is 0.713. The third kappa shape index (κ3) is 4.27. The summed E-state index contributed by atoms with van der Waals surface area (Å²) in [5, 5.41) is 13.0. The predicted octanol–water partition coefficient (Wildman–Crippen LogP) is 4.07. The van der Waals surface area contributed by atoms with Crippen LogP contribution in [0, 0.1) is 0 Å². The highest BCUT2D eigenvalue weighted by Gasteiger charge is 2.29. The third-order valence-electron chi connectivity index (χ3n) is 3.46. The molecular formula is C16H17NO2S2. The summed E-state index contributed by atoms with van der Waals surface area (Å²) < 4.78 is 0. The van der Waals surface area contributed by atoms with Crippen molar-refractivity contribution in [2.24, 2.45) is 0 Å². The number of hydrogen-bond acceptors (Lipinski definition) is 4. The van der Waals surface area contributed by atoms with Gasteiger partial charge in [0, 0.05) is 35.0 Å². The summed E-state index contributed by atoms with van der Waals surface area (Å²) in [6.45, 7) is 1.96. The van der Waals surface area contributed by atoms with Crippen LogP contribution in [0.25, 0.3) is 6.08 Å². The lowest BCUT2D eigenvalue weighted by Gasteiger charge is -2.20. The molecule has 1 aliphatic rings. The van der Waals surface area contributed by atoms with Crippen LogP contribution in [0.3, 0.4) is 0 Å². The monoisotopic (exact) mass is 319 g/mol. The van der Waals surface area contributed by atoms with E-state index in [0.29, 0.717) is 6.04 Å². The molecule has 1 saturated carbocycles. The number of aliphatic carboxylic acids is 1. The first-order chi connectivity index (χ1) is 10.2. The van der Waals surface area contributed by atoms with Gasteiger partial charge in [-0.25, -0.2) is 4.79 Å². The maximum absolute atomic E-state index is 10.5. The Morgan fingerprint density at radius 3 is 2.86 bits per heavy atom. The Balaban J connectivity index is 1.64. The van der Waals surface area contributed by atoms with E-state index in [4.69, 9.17) is 5.11 Å². The third-order valence-corrected chi connectivity index (χ3v) is 5.23. The Morgan fingerprint density at radius 1 is 1.33 bits per heavy atom. The molecule has 2 aromatic heterocycles. The second-order valence-electron chi connectivity index (χ2n) is 5.24. The van der Waals surface area contributed by atoms with E-state index in [2.05, 4.69) is 27.8 Å². The van der Waals surface area contributed by atoms with Crippen molar-refractivity contribution in [3.05, 3.63) is 50.4 Å². The maximum atomic E-state index is 10.5. The standard InChI is InChI=1S/C16H17NO2S2/c18-16(19)6-5-14-3-4-15(21-14)10-17(13-1-2-13)9-12-7-8-20-11-12/h3-8,11,13H,1-2,9-10H2,(H,18,19). The fourth-order valence-electron chi connectivity index (χ4n) is 2.29. The molecule has 0 unspecified atom stereocenters. The van der Waals surface area contributed by atoms with Crippen LogP contribution in [0.4, 0.5) is 0 Å². The van der Waals surface area contributed by atoms with Crippen LogP contribution < -0.4 is 0 Å². The molecule has 3 nitrogen and oxygen atoms in total. The average Bonchev–Trinajstić information content (AvgIpc) is 2.99. The lowest BCUT2D eigenvalue weighted by atomic mass is 10.3. The Morgan fingerprint density at radius 2 is 2.19 bits per heavy atom. The molecule has 2 heterocycles. The van der Waals surface area contributed by atoms with Gasteiger partial charge < -0.3 is 5.11 Å². The Kier molecular flexibility index (Phi) is 4.53. The van der Waals surface area contributed by atoms with Gasteiger partial charge in [-0.05, 0) is 53.4 Å². The summed E-state index contributed by atoms with van der Waals surface area (Å²) in [5.41, 5.74) is 1.38. The first-order valence-electron chi connectivity index (χ1n) is 6.95. The van der Waals surface area contributed by atoms with Gasteiger partial charge in [-0.3, -0.25) is 4.90 Å². The summed E-state index contributed by atoms with van der Waals surface area (Å²) in [6, 6.07) is 7.00. The first kappa shape index (κ1) is 14.5. The number of hydrogen-bond donors (Lipinski definition) is 1. The van der Waals surface area contributed by atoms with Gasteiger partial charge >= 0.3 is 5.97 Å². The highest BCUT2D eigenvalue weighted by molar-refractivity contribution is 7.12. The van der Waals surface area contributed by atoms with Gasteiger partial charge in [-0.2, -0.15) is 11.3 Å². The molecule has 1 aliphatic carbocycles. The molecule has 110 valence electrons. The Labute approximate surface area is 132 Å². The SMILES string of the molecule is O=C(O)C=Cc1ccc(CN(Cc2ccsc2)C2CC2)s1. The zero-order valence-electron chi connectivity index (χ0n) is 11.6. The molecule has 1 N–H and O–H groups in total. The smallest absolute Gasteiger partial charge is 0.328 e. The van der Waals surface area contributed by atoms with Crippen LogP contribution in [0.1, 0.15) is 28.2 Å². The van der Waals surface area contributed by atoms with Gasteiger partial charge in [-0.1, -0.05) is 0 Å². The van der Waals surface area contributed by atoms with Crippen LogP contribution in [0.5, 0.6) is 0 Å². The Bertz CT molecular complexity index is 627. The van der Waals surface area contributed by atoms with Crippen molar-refractivity contribution < 1.29 is 9.90 Å². The van der Waals surface area contributed by atoms with Crippen molar-refractivity contribution in [2.75, 3.05) is 0 Å². The van der Waals surface area contributed by atoms with Crippen molar-refractivity contribution in [3.8, 4) is 0 Å². The molecule has 21 heavy (non-hydrogen) atoms. The fraction of sp³-hybridized carbons (Fsp3) is 0.312. The van der Waals surface area contributed by atoms with Gasteiger partial charge in [0.25, 0.3) is 0 Å². The van der Waals surface area contributed by atoms with Gasteiger partial charge in [-0.15, -0.1) is 11.3 Å². The number of rotatable bonds is 7. The van der Waals surface area contributed by atoms with Crippen LogP contribution >= 0.6 is 22.7 Å². The quantitative estimate of drug-likeness (QED) is 0.782. The zero-order valence-corrected chi connectivity index (χ0v) is 13.2. The average molecular weight is 319 g/mol. The second kappa shape index (κ2) is 6.56.